The molecule has 0 radical (unpaired) electrons. The molecule has 0 aromatic rings. The quantitative estimate of drug-likeness (QED) is 0.290. The Morgan fingerprint density at radius 1 is 1.42 bits per heavy atom. The van der Waals surface area contributed by atoms with Crippen LogP contribution in [-0.2, 0) is 19.1 Å². The summed E-state index contributed by atoms with van der Waals surface area (Å²) in [5, 5.41) is 8.81. The van der Waals surface area contributed by atoms with E-state index >= 15 is 0 Å². The van der Waals surface area contributed by atoms with Crippen molar-refractivity contribution in [2.45, 2.75) is 44.7 Å². The van der Waals surface area contributed by atoms with Gasteiger partial charge in [-0.05, 0) is 36.3 Å². The normalized spacial score (nSPS) is 24.3. The Kier molecular flexibility index (Phi) is 8.79. The van der Waals surface area contributed by atoms with Gasteiger partial charge in [0.15, 0.2) is 11.3 Å². The second-order valence-electron chi connectivity index (χ2n) is 7.05. The van der Waals surface area contributed by atoms with Crippen molar-refractivity contribution in [1.82, 2.24) is 0 Å². The number of carbonyl (C=O) groups is 3. The van der Waals surface area contributed by atoms with E-state index in [4.69, 9.17) is 16.6 Å². The fourth-order valence-corrected chi connectivity index (χ4v) is 4.68. The SMILES string of the molecule is COC(=O)[C@@](N)(CSCC(C)C1CCC=CC1C)C(=O)[C@@H](N)CC(=O)O. The standard InChI is InChI=1S/C18H30N2O5S/c1-11-6-4-5-7-13(11)12(2)9-26-10-18(20,17(24)25-3)16(23)14(19)8-15(21)22/h4,6,11-14H,5,7-10,19-20H2,1-3H3,(H,21,22)/t11?,12?,13?,14-,18+/m0/s1. The van der Waals surface area contributed by atoms with Crippen molar-refractivity contribution in [3.63, 3.8) is 0 Å². The van der Waals surface area contributed by atoms with Gasteiger partial charge in [0.2, 0.25) is 0 Å². The molecule has 0 amide bonds. The van der Waals surface area contributed by atoms with Gasteiger partial charge in [0.1, 0.15) is 0 Å². The van der Waals surface area contributed by atoms with E-state index in [9.17, 15) is 14.4 Å². The van der Waals surface area contributed by atoms with Crippen molar-refractivity contribution in [2.75, 3.05) is 18.6 Å². The molecule has 0 aliphatic heterocycles. The Morgan fingerprint density at radius 3 is 2.62 bits per heavy atom. The van der Waals surface area contributed by atoms with Gasteiger partial charge in [0.05, 0.1) is 19.6 Å². The zero-order chi connectivity index (χ0) is 19.9. The van der Waals surface area contributed by atoms with Crippen molar-refractivity contribution in [3.05, 3.63) is 12.2 Å². The smallest absolute Gasteiger partial charge is 0.334 e. The molecule has 5 N–H and O–H groups in total. The number of aliphatic carboxylic acids is 1. The molecule has 0 saturated carbocycles. The van der Waals surface area contributed by atoms with Crippen molar-refractivity contribution in [1.29, 1.82) is 0 Å². The molecule has 0 fully saturated rings. The van der Waals surface area contributed by atoms with Gasteiger partial charge in [-0.1, -0.05) is 26.0 Å². The van der Waals surface area contributed by atoms with Gasteiger partial charge in [-0.15, -0.1) is 0 Å². The summed E-state index contributed by atoms with van der Waals surface area (Å²) >= 11 is 1.40. The highest BCUT2D eigenvalue weighted by atomic mass is 32.2. The number of hydrogen-bond acceptors (Lipinski definition) is 7. The number of carboxylic acid groups (broad SMARTS) is 1. The number of hydrogen-bond donors (Lipinski definition) is 3. The maximum atomic E-state index is 12.5. The molecule has 0 aromatic carbocycles. The van der Waals surface area contributed by atoms with E-state index in [-0.39, 0.29) is 5.75 Å². The number of carboxylic acids is 1. The summed E-state index contributed by atoms with van der Waals surface area (Å²) in [6.07, 6.45) is 6.03. The van der Waals surface area contributed by atoms with Crippen molar-refractivity contribution in [2.24, 2.45) is 29.2 Å². The Labute approximate surface area is 158 Å². The number of ether oxygens (including phenoxy) is 1. The molecule has 7 nitrogen and oxygen atoms in total. The zero-order valence-electron chi connectivity index (χ0n) is 15.6. The minimum absolute atomic E-state index is 0.00705. The lowest BCUT2D eigenvalue weighted by atomic mass is 9.78. The van der Waals surface area contributed by atoms with Crippen LogP contribution in [0, 0.1) is 17.8 Å². The van der Waals surface area contributed by atoms with Crippen molar-refractivity contribution in [3.8, 4) is 0 Å². The third-order valence-electron chi connectivity index (χ3n) is 4.94. The highest BCUT2D eigenvalue weighted by molar-refractivity contribution is 7.99. The first kappa shape index (κ1) is 22.7. The third kappa shape index (κ3) is 5.82. The molecule has 3 unspecified atom stereocenters. The van der Waals surface area contributed by atoms with Crippen LogP contribution in [0.25, 0.3) is 0 Å². The largest absolute Gasteiger partial charge is 0.481 e. The van der Waals surface area contributed by atoms with Crippen LogP contribution in [-0.4, -0.2) is 53.0 Å². The maximum Gasteiger partial charge on any atom is 0.334 e. The molecule has 1 aliphatic carbocycles. The molecule has 0 bridgehead atoms. The van der Waals surface area contributed by atoms with Crippen LogP contribution in [0.2, 0.25) is 0 Å². The Hall–Kier alpha value is -1.38. The van der Waals surface area contributed by atoms with E-state index in [2.05, 4.69) is 30.7 Å². The number of rotatable bonds is 10. The van der Waals surface area contributed by atoms with Gasteiger partial charge >= 0.3 is 11.9 Å². The van der Waals surface area contributed by atoms with Gasteiger partial charge in [-0.3, -0.25) is 9.59 Å². The number of methoxy groups -OCH3 is 1. The van der Waals surface area contributed by atoms with Gasteiger partial charge < -0.3 is 21.3 Å². The Morgan fingerprint density at radius 2 is 2.08 bits per heavy atom. The van der Waals surface area contributed by atoms with Gasteiger partial charge in [-0.2, -0.15) is 11.8 Å². The lowest BCUT2D eigenvalue weighted by Gasteiger charge is -2.31. The first-order valence-corrected chi connectivity index (χ1v) is 9.92. The number of ketones is 1. The number of carbonyl (C=O) groups excluding carboxylic acids is 2. The van der Waals surface area contributed by atoms with Gasteiger partial charge in [0.25, 0.3) is 0 Å². The predicted octanol–water partition coefficient (Wildman–Crippen LogP) is 1.20. The van der Waals surface area contributed by atoms with Gasteiger partial charge in [0, 0.05) is 5.75 Å². The predicted molar refractivity (Wildman–Crippen MR) is 102 cm³/mol. The van der Waals surface area contributed by atoms with E-state index in [0.29, 0.717) is 17.8 Å². The van der Waals surface area contributed by atoms with E-state index in [1.807, 2.05) is 0 Å². The van der Waals surface area contributed by atoms with Crippen LogP contribution in [0.5, 0.6) is 0 Å². The zero-order valence-corrected chi connectivity index (χ0v) is 16.5. The molecule has 148 valence electrons. The Bertz CT molecular complexity index is 554. The molecule has 8 heteroatoms. The molecule has 1 rings (SSSR count). The third-order valence-corrected chi connectivity index (χ3v) is 6.36. The second-order valence-corrected chi connectivity index (χ2v) is 8.08. The summed E-state index contributed by atoms with van der Waals surface area (Å²) in [5.41, 5.74) is 9.73. The summed E-state index contributed by atoms with van der Waals surface area (Å²) in [6.45, 7) is 4.35. The lowest BCUT2D eigenvalue weighted by molar-refractivity contribution is -0.151. The molecule has 5 atom stereocenters. The van der Waals surface area contributed by atoms with Crippen molar-refractivity contribution < 1.29 is 24.2 Å². The van der Waals surface area contributed by atoms with Crippen LogP contribution in [0.15, 0.2) is 12.2 Å². The molecule has 0 saturated heterocycles. The van der Waals surface area contributed by atoms with Crippen molar-refractivity contribution >= 4 is 29.5 Å². The fraction of sp³-hybridized carbons (Fsp3) is 0.722. The molecule has 1 aliphatic rings. The summed E-state index contributed by atoms with van der Waals surface area (Å²) in [5.74, 6) is -0.745. The van der Waals surface area contributed by atoms with Crippen LogP contribution in [0.1, 0.15) is 33.1 Å². The average Bonchev–Trinajstić information content (AvgIpc) is 2.59. The molecule has 0 aromatic heterocycles. The monoisotopic (exact) mass is 386 g/mol. The summed E-state index contributed by atoms with van der Waals surface area (Å²) in [7, 11) is 1.14. The van der Waals surface area contributed by atoms with Gasteiger partial charge in [-0.25, -0.2) is 4.79 Å². The number of nitrogens with two attached hydrogens (primary N) is 2. The highest BCUT2D eigenvalue weighted by Crippen LogP contribution is 2.33. The minimum atomic E-state index is -1.94. The van der Waals surface area contributed by atoms with Crippen LogP contribution < -0.4 is 11.5 Å². The Balaban J connectivity index is 2.72. The maximum absolute atomic E-state index is 12.5. The van der Waals surface area contributed by atoms with E-state index in [1.54, 1.807) is 0 Å². The molecular weight excluding hydrogens is 356 g/mol. The van der Waals surface area contributed by atoms with E-state index in [1.165, 1.54) is 11.8 Å². The lowest BCUT2D eigenvalue weighted by Crippen LogP contribution is -2.62. The topological polar surface area (TPSA) is 133 Å². The summed E-state index contributed by atoms with van der Waals surface area (Å²) in [4.78, 5) is 35.4. The first-order chi connectivity index (χ1) is 12.1. The molecule has 0 heterocycles. The number of esters is 1. The summed E-state index contributed by atoms with van der Waals surface area (Å²) < 4.78 is 4.67. The number of Topliss-reactive ketones (excluding diaryl/α,β-unsaturated/α-hetero) is 1. The van der Waals surface area contributed by atoms with E-state index < -0.39 is 35.7 Å². The average molecular weight is 387 g/mol. The minimum Gasteiger partial charge on any atom is -0.481 e. The number of thioether (sulfide) groups is 1. The number of allylic oxidation sites excluding steroid dienone is 2. The second kappa shape index (κ2) is 10.1. The molecule has 26 heavy (non-hydrogen) atoms. The highest BCUT2D eigenvalue weighted by Gasteiger charge is 2.45. The molecular formula is C18H30N2O5S. The summed E-state index contributed by atoms with van der Waals surface area (Å²) in [6, 6.07) is -1.35. The van der Waals surface area contributed by atoms with Crippen LogP contribution in [0.4, 0.5) is 0 Å². The van der Waals surface area contributed by atoms with E-state index in [0.717, 1.165) is 25.7 Å². The fourth-order valence-electron chi connectivity index (χ4n) is 3.36. The van der Waals surface area contributed by atoms with Crippen LogP contribution in [0.3, 0.4) is 0 Å². The van der Waals surface area contributed by atoms with Crippen LogP contribution >= 0.6 is 11.8 Å². The molecule has 0 spiro atoms. The first-order valence-electron chi connectivity index (χ1n) is 8.76.